The van der Waals surface area contributed by atoms with Gasteiger partial charge < -0.3 is 0 Å². The first kappa shape index (κ1) is 10.5. The molecule has 1 aliphatic carbocycles. The van der Waals surface area contributed by atoms with Crippen LogP contribution in [0.5, 0.6) is 0 Å². The third kappa shape index (κ3) is 1.77. The van der Waals surface area contributed by atoms with Crippen LogP contribution in [0.15, 0.2) is 48.5 Å². The van der Waals surface area contributed by atoms with Crippen molar-refractivity contribution in [3.63, 3.8) is 0 Å². The smallest absolute Gasteiger partial charge is 0.170 e. The molecule has 0 fully saturated rings. The maximum absolute atomic E-state index is 12.2. The Morgan fingerprint density at radius 3 is 2.41 bits per heavy atom. The molecule has 0 aliphatic heterocycles. The second kappa shape index (κ2) is 4.01. The minimum absolute atomic E-state index is 0.0373. The Morgan fingerprint density at radius 1 is 1.00 bits per heavy atom. The quantitative estimate of drug-likeness (QED) is 0.742. The van der Waals surface area contributed by atoms with Crippen LogP contribution >= 0.6 is 11.6 Å². The molecule has 1 nitrogen and oxygen atoms in total. The summed E-state index contributed by atoms with van der Waals surface area (Å²) in [5.74, 6) is 0.188. The Labute approximate surface area is 105 Å². The molecule has 1 atom stereocenters. The van der Waals surface area contributed by atoms with Gasteiger partial charge in [-0.15, -0.1) is 0 Å². The number of ketones is 1. The topological polar surface area (TPSA) is 17.1 Å². The van der Waals surface area contributed by atoms with Gasteiger partial charge in [0, 0.05) is 10.6 Å². The molecule has 1 aliphatic rings. The van der Waals surface area contributed by atoms with Crippen LogP contribution in [-0.4, -0.2) is 5.78 Å². The maximum atomic E-state index is 12.2. The van der Waals surface area contributed by atoms with Crippen LogP contribution in [0.2, 0.25) is 5.02 Å². The lowest BCUT2D eigenvalue weighted by molar-refractivity contribution is 0.0973. The van der Waals surface area contributed by atoms with E-state index in [0.29, 0.717) is 5.02 Å². The van der Waals surface area contributed by atoms with E-state index in [1.165, 1.54) is 0 Å². The van der Waals surface area contributed by atoms with Crippen molar-refractivity contribution < 1.29 is 4.79 Å². The molecule has 17 heavy (non-hydrogen) atoms. The summed E-state index contributed by atoms with van der Waals surface area (Å²) in [6, 6.07) is 15.4. The van der Waals surface area contributed by atoms with Gasteiger partial charge >= 0.3 is 0 Å². The van der Waals surface area contributed by atoms with Gasteiger partial charge in [0.25, 0.3) is 0 Å². The monoisotopic (exact) mass is 242 g/mol. The first-order chi connectivity index (χ1) is 8.25. The van der Waals surface area contributed by atoms with Crippen LogP contribution in [0, 0.1) is 0 Å². The summed E-state index contributed by atoms with van der Waals surface area (Å²) in [5, 5.41) is 0.705. The number of benzene rings is 2. The molecular formula is C15H11ClO. The van der Waals surface area contributed by atoms with E-state index in [2.05, 4.69) is 0 Å². The van der Waals surface area contributed by atoms with E-state index in [1.54, 1.807) is 0 Å². The second-order valence-electron chi connectivity index (χ2n) is 4.33. The predicted octanol–water partition coefficient (Wildman–Crippen LogP) is 3.86. The summed E-state index contributed by atoms with van der Waals surface area (Å²) < 4.78 is 0. The highest BCUT2D eigenvalue weighted by atomic mass is 35.5. The van der Waals surface area contributed by atoms with E-state index in [-0.39, 0.29) is 11.7 Å². The van der Waals surface area contributed by atoms with Gasteiger partial charge in [-0.05, 0) is 29.7 Å². The third-order valence-corrected chi connectivity index (χ3v) is 3.55. The van der Waals surface area contributed by atoms with Crippen LogP contribution in [-0.2, 0) is 6.42 Å². The van der Waals surface area contributed by atoms with Crippen molar-refractivity contribution in [2.75, 3.05) is 0 Å². The number of Topliss-reactive ketones (excluding diaryl/α,β-unsaturated/α-hetero) is 1. The van der Waals surface area contributed by atoms with Crippen LogP contribution in [0.25, 0.3) is 0 Å². The number of hydrogen-bond donors (Lipinski definition) is 0. The van der Waals surface area contributed by atoms with E-state index in [4.69, 9.17) is 11.6 Å². The number of fused-ring (bicyclic) bond motifs is 1. The maximum Gasteiger partial charge on any atom is 0.170 e. The van der Waals surface area contributed by atoms with E-state index in [0.717, 1.165) is 23.1 Å². The van der Waals surface area contributed by atoms with Gasteiger partial charge in [0.2, 0.25) is 0 Å². The highest BCUT2D eigenvalue weighted by molar-refractivity contribution is 6.30. The molecule has 0 aromatic heterocycles. The lowest BCUT2D eigenvalue weighted by Gasteiger charge is -2.07. The number of halogens is 1. The van der Waals surface area contributed by atoms with E-state index < -0.39 is 0 Å². The predicted molar refractivity (Wildman–Crippen MR) is 68.7 cm³/mol. The molecule has 0 heterocycles. The Morgan fingerprint density at radius 2 is 1.71 bits per heavy atom. The zero-order chi connectivity index (χ0) is 11.8. The average Bonchev–Trinajstić information content (AvgIpc) is 2.69. The molecule has 0 N–H and O–H groups in total. The Balaban J connectivity index is 1.99. The molecule has 0 bridgehead atoms. The summed E-state index contributed by atoms with van der Waals surface area (Å²) >= 11 is 5.86. The molecule has 0 spiro atoms. The van der Waals surface area contributed by atoms with Crippen molar-refractivity contribution in [2.45, 2.75) is 12.3 Å². The summed E-state index contributed by atoms with van der Waals surface area (Å²) in [4.78, 5) is 12.2. The van der Waals surface area contributed by atoms with E-state index in [1.807, 2.05) is 48.5 Å². The summed E-state index contributed by atoms with van der Waals surface area (Å²) in [7, 11) is 0. The van der Waals surface area contributed by atoms with Gasteiger partial charge in [0.05, 0.1) is 5.92 Å². The highest BCUT2D eigenvalue weighted by Gasteiger charge is 2.30. The van der Waals surface area contributed by atoms with Crippen molar-refractivity contribution in [3.8, 4) is 0 Å². The van der Waals surface area contributed by atoms with Crippen molar-refractivity contribution in [3.05, 3.63) is 70.2 Å². The van der Waals surface area contributed by atoms with Crippen molar-refractivity contribution in [2.24, 2.45) is 0 Å². The number of rotatable bonds is 1. The second-order valence-corrected chi connectivity index (χ2v) is 4.77. The summed E-state index contributed by atoms with van der Waals surface area (Å²) in [6.07, 6.45) is 0.802. The Hall–Kier alpha value is -1.60. The fourth-order valence-electron chi connectivity index (χ4n) is 2.40. The SMILES string of the molecule is O=C1c2ccccc2C[C@H]1c1ccc(Cl)cc1. The van der Waals surface area contributed by atoms with Gasteiger partial charge in [-0.2, -0.15) is 0 Å². The number of carbonyl (C=O) groups is 1. The van der Waals surface area contributed by atoms with Gasteiger partial charge in [-0.25, -0.2) is 0 Å². The molecule has 2 aromatic carbocycles. The molecule has 0 saturated heterocycles. The van der Waals surface area contributed by atoms with Gasteiger partial charge in [-0.3, -0.25) is 4.79 Å². The highest BCUT2D eigenvalue weighted by Crippen LogP contribution is 2.34. The van der Waals surface area contributed by atoms with Gasteiger partial charge in [0.1, 0.15) is 0 Å². The van der Waals surface area contributed by atoms with Crippen LogP contribution in [0.4, 0.5) is 0 Å². The van der Waals surface area contributed by atoms with Crippen LogP contribution in [0.3, 0.4) is 0 Å². The van der Waals surface area contributed by atoms with Crippen molar-refractivity contribution in [1.82, 2.24) is 0 Å². The molecule has 0 amide bonds. The first-order valence-corrected chi connectivity index (χ1v) is 6.01. The molecular weight excluding hydrogens is 232 g/mol. The number of carbonyl (C=O) groups excluding carboxylic acids is 1. The van der Waals surface area contributed by atoms with Crippen molar-refractivity contribution in [1.29, 1.82) is 0 Å². The number of hydrogen-bond acceptors (Lipinski definition) is 1. The average molecular weight is 243 g/mol. The van der Waals surface area contributed by atoms with Gasteiger partial charge in [0.15, 0.2) is 5.78 Å². The lowest BCUT2D eigenvalue weighted by atomic mass is 9.95. The zero-order valence-electron chi connectivity index (χ0n) is 9.19. The normalized spacial score (nSPS) is 18.2. The van der Waals surface area contributed by atoms with Gasteiger partial charge in [-0.1, -0.05) is 48.0 Å². The van der Waals surface area contributed by atoms with Crippen LogP contribution in [0.1, 0.15) is 27.4 Å². The fraction of sp³-hybridized carbons (Fsp3) is 0.133. The lowest BCUT2D eigenvalue weighted by Crippen LogP contribution is -2.06. The molecule has 84 valence electrons. The molecule has 2 aromatic rings. The largest absolute Gasteiger partial charge is 0.293 e. The summed E-state index contributed by atoms with van der Waals surface area (Å²) in [5.41, 5.74) is 3.07. The van der Waals surface area contributed by atoms with Crippen LogP contribution < -0.4 is 0 Å². The minimum Gasteiger partial charge on any atom is -0.293 e. The van der Waals surface area contributed by atoms with Crippen molar-refractivity contribution >= 4 is 17.4 Å². The minimum atomic E-state index is -0.0373. The fourth-order valence-corrected chi connectivity index (χ4v) is 2.53. The van der Waals surface area contributed by atoms with E-state index >= 15 is 0 Å². The third-order valence-electron chi connectivity index (χ3n) is 3.30. The van der Waals surface area contributed by atoms with E-state index in [9.17, 15) is 4.79 Å². The summed E-state index contributed by atoms with van der Waals surface area (Å²) in [6.45, 7) is 0. The zero-order valence-corrected chi connectivity index (χ0v) is 9.95. The molecule has 3 rings (SSSR count). The Kier molecular flexibility index (Phi) is 2.49. The Bertz CT molecular complexity index is 572. The molecule has 2 heteroatoms. The molecule has 0 unspecified atom stereocenters. The first-order valence-electron chi connectivity index (χ1n) is 5.63. The molecule has 0 saturated carbocycles. The molecule has 0 radical (unpaired) electrons. The standard InChI is InChI=1S/C15H11ClO/c16-12-7-5-10(6-8-12)14-9-11-3-1-2-4-13(11)15(14)17/h1-8,14H,9H2/t14-/m0/s1.